The van der Waals surface area contributed by atoms with E-state index in [-0.39, 0.29) is 34.4 Å². The zero-order valence-electron chi connectivity index (χ0n) is 21.4. The van der Waals surface area contributed by atoms with E-state index in [2.05, 4.69) is 0 Å². The molecule has 3 aliphatic carbocycles. The van der Waals surface area contributed by atoms with Crippen molar-refractivity contribution in [3.05, 3.63) is 51.8 Å². The first-order chi connectivity index (χ1) is 18.4. The van der Waals surface area contributed by atoms with Gasteiger partial charge in [0.1, 0.15) is 23.7 Å². The van der Waals surface area contributed by atoms with Crippen molar-refractivity contribution in [3.63, 3.8) is 0 Å². The van der Waals surface area contributed by atoms with Crippen LogP contribution in [-0.4, -0.2) is 98.9 Å². The molecule has 0 radical (unpaired) electrons. The van der Waals surface area contributed by atoms with Crippen molar-refractivity contribution < 1.29 is 54.1 Å². The van der Waals surface area contributed by atoms with Gasteiger partial charge >= 0.3 is 0 Å². The number of ether oxygens (including phenoxy) is 3. The summed E-state index contributed by atoms with van der Waals surface area (Å²) in [6.07, 6.45) is -6.47. The summed E-state index contributed by atoms with van der Waals surface area (Å²) in [4.78, 5) is 39.8. The molecule has 2 fully saturated rings. The van der Waals surface area contributed by atoms with Gasteiger partial charge in [-0.2, -0.15) is 0 Å². The highest BCUT2D eigenvalue weighted by molar-refractivity contribution is 6.30. The number of aliphatic hydroxyl groups excluding tert-OH is 4. The van der Waals surface area contributed by atoms with Crippen molar-refractivity contribution >= 4 is 17.3 Å². The van der Waals surface area contributed by atoms with Crippen LogP contribution in [-0.2, 0) is 14.3 Å². The van der Waals surface area contributed by atoms with Crippen molar-refractivity contribution in [2.24, 2.45) is 11.7 Å². The number of benzene rings is 1. The lowest BCUT2D eigenvalue weighted by atomic mass is 9.63. The van der Waals surface area contributed by atoms with Crippen LogP contribution in [0.15, 0.2) is 40.7 Å². The molecule has 0 amide bonds. The Balaban J connectivity index is 1.61. The summed E-state index contributed by atoms with van der Waals surface area (Å²) < 4.78 is 17.1. The van der Waals surface area contributed by atoms with Crippen LogP contribution in [0.4, 0.5) is 0 Å². The minimum absolute atomic E-state index is 0.0293. The predicted octanol–water partition coefficient (Wildman–Crippen LogP) is -0.532. The normalized spacial score (nSPS) is 36.3. The van der Waals surface area contributed by atoms with Crippen LogP contribution in [0.3, 0.4) is 0 Å². The Morgan fingerprint density at radius 1 is 1.23 bits per heavy atom. The Morgan fingerprint density at radius 2 is 1.95 bits per heavy atom. The molecule has 1 saturated carbocycles. The predicted molar refractivity (Wildman–Crippen MR) is 132 cm³/mol. The number of Topliss-reactive ketones (excluding diaryl/α,β-unsaturated/α-hetero) is 3. The molecule has 5 rings (SSSR count). The molecule has 1 aromatic carbocycles. The van der Waals surface area contributed by atoms with Gasteiger partial charge in [-0.05, 0) is 18.6 Å². The van der Waals surface area contributed by atoms with Gasteiger partial charge in [-0.1, -0.05) is 12.1 Å². The van der Waals surface area contributed by atoms with Crippen LogP contribution in [0.5, 0.6) is 5.75 Å². The summed E-state index contributed by atoms with van der Waals surface area (Å²) in [5, 5.41) is 53.9. The smallest absolute Gasteiger partial charge is 0.198 e. The lowest BCUT2D eigenvalue weighted by Crippen LogP contribution is -2.58. The van der Waals surface area contributed by atoms with E-state index < -0.39 is 96.4 Å². The van der Waals surface area contributed by atoms with E-state index in [9.17, 15) is 39.9 Å². The van der Waals surface area contributed by atoms with Gasteiger partial charge in [0.2, 0.25) is 0 Å². The molecule has 12 heteroatoms. The van der Waals surface area contributed by atoms with Gasteiger partial charge in [-0.15, -0.1) is 0 Å². The average Bonchev–Trinajstić information content (AvgIpc) is 2.90. The third-order valence-corrected chi connectivity index (χ3v) is 8.20. The minimum atomic E-state index is -2.21. The van der Waals surface area contributed by atoms with Crippen molar-refractivity contribution in [3.8, 4) is 5.75 Å². The molecule has 6 unspecified atom stereocenters. The molecule has 1 aromatic rings. The zero-order valence-corrected chi connectivity index (χ0v) is 21.4. The summed E-state index contributed by atoms with van der Waals surface area (Å²) in [7, 11) is 1.33. The monoisotopic (exact) mass is 545 g/mol. The molecular formula is C27H31NO11. The lowest BCUT2D eigenvalue weighted by Gasteiger charge is -2.48. The maximum atomic E-state index is 13.7. The molecule has 39 heavy (non-hydrogen) atoms. The molecule has 0 aromatic heterocycles. The topological polar surface area (TPSA) is 206 Å². The molecule has 1 saturated heterocycles. The van der Waals surface area contributed by atoms with E-state index >= 15 is 0 Å². The number of rotatable bonds is 5. The quantitative estimate of drug-likeness (QED) is 0.276. The molecular weight excluding hydrogens is 514 g/mol. The van der Waals surface area contributed by atoms with Crippen molar-refractivity contribution in [2.75, 3.05) is 13.7 Å². The number of aliphatic hydroxyl groups is 5. The maximum Gasteiger partial charge on any atom is 0.198 e. The van der Waals surface area contributed by atoms with Crippen molar-refractivity contribution in [2.45, 2.75) is 68.5 Å². The van der Waals surface area contributed by atoms with Gasteiger partial charge < -0.3 is 45.5 Å². The van der Waals surface area contributed by atoms with Crippen molar-refractivity contribution in [1.82, 2.24) is 0 Å². The Bertz CT molecular complexity index is 1290. The summed E-state index contributed by atoms with van der Waals surface area (Å²) in [6, 6.07) is 3.70. The fraction of sp³-hybridized carbons (Fsp3) is 0.519. The first kappa shape index (κ1) is 27.6. The van der Waals surface area contributed by atoms with E-state index in [0.29, 0.717) is 0 Å². The molecule has 8 atom stereocenters. The van der Waals surface area contributed by atoms with E-state index in [0.717, 1.165) is 0 Å². The maximum absolute atomic E-state index is 13.7. The number of allylic oxidation sites excluding steroid dienone is 1. The average molecular weight is 546 g/mol. The van der Waals surface area contributed by atoms with Gasteiger partial charge in [0.25, 0.3) is 0 Å². The van der Waals surface area contributed by atoms with E-state index in [1.165, 1.54) is 25.3 Å². The Hall–Kier alpha value is -2.97. The van der Waals surface area contributed by atoms with Gasteiger partial charge in [0, 0.05) is 42.4 Å². The number of fused-ring (bicyclic) bond motifs is 2. The van der Waals surface area contributed by atoms with Gasteiger partial charge in [-0.25, -0.2) is 0 Å². The van der Waals surface area contributed by atoms with Crippen LogP contribution >= 0.6 is 0 Å². The van der Waals surface area contributed by atoms with Crippen LogP contribution in [0.2, 0.25) is 0 Å². The first-order valence-corrected chi connectivity index (χ1v) is 12.7. The van der Waals surface area contributed by atoms with Gasteiger partial charge in [-0.3, -0.25) is 14.4 Å². The highest BCUT2D eigenvalue weighted by Crippen LogP contribution is 2.50. The van der Waals surface area contributed by atoms with Gasteiger partial charge in [0.15, 0.2) is 23.6 Å². The molecule has 0 spiro atoms. The number of carbonyl (C=O) groups is 3. The highest BCUT2D eigenvalue weighted by Gasteiger charge is 2.56. The number of hydrogen-bond donors (Lipinski definition) is 6. The van der Waals surface area contributed by atoms with E-state index in [1.807, 2.05) is 0 Å². The zero-order chi connectivity index (χ0) is 28.4. The second-order valence-electron chi connectivity index (χ2n) is 10.5. The minimum Gasteiger partial charge on any atom is -0.507 e. The fourth-order valence-corrected chi connectivity index (χ4v) is 6.17. The molecule has 12 nitrogen and oxygen atoms in total. The lowest BCUT2D eigenvalue weighted by molar-refractivity contribution is -0.255. The highest BCUT2D eigenvalue weighted by atomic mass is 16.7. The van der Waals surface area contributed by atoms with E-state index in [1.54, 1.807) is 6.92 Å². The molecule has 7 N–H and O–H groups in total. The summed E-state index contributed by atoms with van der Waals surface area (Å²) >= 11 is 0. The van der Waals surface area contributed by atoms with Crippen molar-refractivity contribution in [1.29, 1.82) is 0 Å². The number of nitrogens with two attached hydrogens (primary N) is 1. The standard InChI is InChI=1S/C27H31NO11/c1-10-22(31)13(28)6-17(38-10)39-15-8-27(36,16(30)9-29)7-12-19(15)26(35)21-20(24(12)33)23(32)11-4-3-5-14(37-2)18(11)25(21)34/h3-5,10,13,15,17,19,22,26,29,31,33,35-36H,6-9,28H2,1-2H3/t10?,13?,15-,17?,19?,22?,26?,27-/m0/s1. The molecule has 0 bridgehead atoms. The number of hydrogen-bond acceptors (Lipinski definition) is 12. The summed E-state index contributed by atoms with van der Waals surface area (Å²) in [5.41, 5.74) is 2.89. The Morgan fingerprint density at radius 3 is 2.59 bits per heavy atom. The summed E-state index contributed by atoms with van der Waals surface area (Å²) in [5.74, 6) is -4.08. The third kappa shape index (κ3) is 4.23. The van der Waals surface area contributed by atoms with Crippen LogP contribution in [0.25, 0.3) is 0 Å². The fourth-order valence-electron chi connectivity index (χ4n) is 6.17. The van der Waals surface area contributed by atoms with Gasteiger partial charge in [0.05, 0.1) is 42.7 Å². The molecule has 1 heterocycles. The molecule has 4 aliphatic rings. The number of ketones is 3. The second-order valence-corrected chi connectivity index (χ2v) is 10.5. The second kappa shape index (κ2) is 9.89. The Labute approximate surface area is 223 Å². The third-order valence-electron chi connectivity index (χ3n) is 8.20. The van der Waals surface area contributed by atoms with Crippen LogP contribution < -0.4 is 10.5 Å². The first-order valence-electron chi connectivity index (χ1n) is 12.7. The SMILES string of the molecule is COc1cccc2c1C(=O)C1=C(C2=O)C(O)=C2C[C@@](O)(C(=O)CO)C[C@H](OC3CC(N)C(O)C(C)O3)C2C1O. The van der Waals surface area contributed by atoms with E-state index in [4.69, 9.17) is 19.9 Å². The number of carbonyl (C=O) groups excluding carboxylic acids is 3. The molecule has 1 aliphatic heterocycles. The summed E-state index contributed by atoms with van der Waals surface area (Å²) in [6.45, 7) is 0.588. The van der Waals surface area contributed by atoms with Crippen LogP contribution in [0, 0.1) is 5.92 Å². The van der Waals surface area contributed by atoms with Crippen LogP contribution in [0.1, 0.15) is 46.9 Å². The number of methoxy groups -OCH3 is 1. The molecule has 210 valence electrons. The largest absolute Gasteiger partial charge is 0.507 e. The Kier molecular flexibility index (Phi) is 7.00.